The van der Waals surface area contributed by atoms with Crippen molar-refractivity contribution in [2.45, 2.75) is 4.90 Å². The Kier molecular flexibility index (Phi) is 3.05. The molecule has 7 nitrogen and oxygen atoms in total. The smallest absolute Gasteiger partial charge is 0.262 e. The van der Waals surface area contributed by atoms with Crippen molar-refractivity contribution in [3.05, 3.63) is 48.8 Å². The summed E-state index contributed by atoms with van der Waals surface area (Å²) in [6.45, 7) is 0.0929. The van der Waals surface area contributed by atoms with E-state index in [0.29, 0.717) is 28.2 Å². The van der Waals surface area contributed by atoms with Crippen LogP contribution in [0.3, 0.4) is 0 Å². The monoisotopic (exact) mass is 329 g/mol. The molecule has 8 heteroatoms. The molecule has 0 radical (unpaired) electrons. The highest BCUT2D eigenvalue weighted by Crippen LogP contribution is 2.34. The van der Waals surface area contributed by atoms with Gasteiger partial charge in [0, 0.05) is 18.5 Å². The zero-order valence-corrected chi connectivity index (χ0v) is 12.6. The van der Waals surface area contributed by atoms with Gasteiger partial charge < -0.3 is 9.47 Å². The van der Waals surface area contributed by atoms with Gasteiger partial charge in [-0.25, -0.2) is 8.42 Å². The van der Waals surface area contributed by atoms with Crippen molar-refractivity contribution in [3.8, 4) is 11.5 Å². The molecule has 2 heterocycles. The Hall–Kier alpha value is -2.87. The molecule has 1 aliphatic heterocycles. The standard InChI is InChI=1S/C15H11N3O4S/c19-23(20,11-2-4-14-15(8-11)22-9-21-14)18-10-1-3-12-13(7-10)17-6-5-16-12/h1-8,18H,9H2. The van der Waals surface area contributed by atoms with Crippen molar-refractivity contribution in [1.82, 2.24) is 9.97 Å². The summed E-state index contributed by atoms with van der Waals surface area (Å²) < 4.78 is 37.9. The molecular weight excluding hydrogens is 318 g/mol. The minimum absolute atomic E-state index is 0.0929. The topological polar surface area (TPSA) is 90.4 Å². The largest absolute Gasteiger partial charge is 0.454 e. The second-order valence-electron chi connectivity index (χ2n) is 4.88. The Labute approximate surface area is 132 Å². The number of aromatic nitrogens is 2. The molecule has 0 spiro atoms. The summed E-state index contributed by atoms with van der Waals surface area (Å²) in [4.78, 5) is 8.40. The highest BCUT2D eigenvalue weighted by atomic mass is 32.2. The molecule has 1 aromatic heterocycles. The molecule has 0 aliphatic carbocycles. The van der Waals surface area contributed by atoms with Gasteiger partial charge in [0.2, 0.25) is 6.79 Å². The molecule has 3 aromatic rings. The first-order valence-electron chi connectivity index (χ1n) is 6.75. The molecule has 1 N–H and O–H groups in total. The second kappa shape index (κ2) is 5.10. The molecule has 0 saturated heterocycles. The van der Waals surface area contributed by atoms with Gasteiger partial charge in [-0.2, -0.15) is 0 Å². The van der Waals surface area contributed by atoms with Crippen molar-refractivity contribution in [1.29, 1.82) is 0 Å². The summed E-state index contributed by atoms with van der Waals surface area (Å²) in [6, 6.07) is 9.46. The maximum Gasteiger partial charge on any atom is 0.262 e. The highest BCUT2D eigenvalue weighted by molar-refractivity contribution is 7.92. The minimum atomic E-state index is -3.74. The van der Waals surface area contributed by atoms with Crippen LogP contribution in [0.5, 0.6) is 11.5 Å². The Morgan fingerprint density at radius 2 is 1.70 bits per heavy atom. The van der Waals surface area contributed by atoms with E-state index in [0.717, 1.165) is 0 Å². The SMILES string of the molecule is O=S(=O)(Nc1ccc2nccnc2c1)c1ccc2c(c1)OCO2. The van der Waals surface area contributed by atoms with E-state index >= 15 is 0 Å². The van der Waals surface area contributed by atoms with Crippen LogP contribution in [0.2, 0.25) is 0 Å². The van der Waals surface area contributed by atoms with Crippen LogP contribution in [0, 0.1) is 0 Å². The normalized spacial score (nSPS) is 13.2. The van der Waals surface area contributed by atoms with E-state index in [9.17, 15) is 8.42 Å². The Morgan fingerprint density at radius 1 is 0.913 bits per heavy atom. The van der Waals surface area contributed by atoms with Crippen LogP contribution in [0.25, 0.3) is 11.0 Å². The average molecular weight is 329 g/mol. The Balaban J connectivity index is 1.68. The number of sulfonamides is 1. The van der Waals surface area contributed by atoms with Crippen LogP contribution in [0.4, 0.5) is 5.69 Å². The van der Waals surface area contributed by atoms with Crippen molar-refractivity contribution >= 4 is 26.7 Å². The van der Waals surface area contributed by atoms with Crippen LogP contribution < -0.4 is 14.2 Å². The maximum absolute atomic E-state index is 12.5. The van der Waals surface area contributed by atoms with Gasteiger partial charge in [0.15, 0.2) is 11.5 Å². The molecule has 0 unspecified atom stereocenters. The molecule has 2 aromatic carbocycles. The number of ether oxygens (including phenoxy) is 2. The Morgan fingerprint density at radius 3 is 2.57 bits per heavy atom. The molecular formula is C15H11N3O4S. The summed E-state index contributed by atoms with van der Waals surface area (Å²) in [7, 11) is -3.74. The number of fused-ring (bicyclic) bond motifs is 2. The minimum Gasteiger partial charge on any atom is -0.454 e. The van der Waals surface area contributed by atoms with Gasteiger partial charge in [0.1, 0.15) is 0 Å². The lowest BCUT2D eigenvalue weighted by Gasteiger charge is -2.09. The lowest BCUT2D eigenvalue weighted by atomic mass is 10.3. The van der Waals surface area contributed by atoms with Gasteiger partial charge >= 0.3 is 0 Å². The van der Waals surface area contributed by atoms with Crippen molar-refractivity contribution in [2.24, 2.45) is 0 Å². The van der Waals surface area contributed by atoms with E-state index in [4.69, 9.17) is 9.47 Å². The first-order chi connectivity index (χ1) is 11.1. The number of hydrogen-bond acceptors (Lipinski definition) is 6. The van der Waals surface area contributed by atoms with Crippen LogP contribution >= 0.6 is 0 Å². The molecule has 0 bridgehead atoms. The van der Waals surface area contributed by atoms with Crippen molar-refractivity contribution in [3.63, 3.8) is 0 Å². The third-order valence-corrected chi connectivity index (χ3v) is 4.75. The second-order valence-corrected chi connectivity index (χ2v) is 6.56. The predicted molar refractivity (Wildman–Crippen MR) is 82.9 cm³/mol. The van der Waals surface area contributed by atoms with Gasteiger partial charge in [-0.15, -0.1) is 0 Å². The van der Waals surface area contributed by atoms with Crippen LogP contribution in [0.1, 0.15) is 0 Å². The first-order valence-corrected chi connectivity index (χ1v) is 8.23. The van der Waals surface area contributed by atoms with E-state index in [2.05, 4.69) is 14.7 Å². The fourth-order valence-corrected chi connectivity index (χ4v) is 3.35. The van der Waals surface area contributed by atoms with Gasteiger partial charge in [0.25, 0.3) is 10.0 Å². The molecule has 1 aliphatic rings. The van der Waals surface area contributed by atoms with E-state index in [-0.39, 0.29) is 11.7 Å². The number of hydrogen-bond donors (Lipinski definition) is 1. The fraction of sp³-hybridized carbons (Fsp3) is 0.0667. The third-order valence-electron chi connectivity index (χ3n) is 3.38. The number of benzene rings is 2. The van der Waals surface area contributed by atoms with E-state index < -0.39 is 10.0 Å². The van der Waals surface area contributed by atoms with Gasteiger partial charge in [0.05, 0.1) is 21.6 Å². The van der Waals surface area contributed by atoms with Gasteiger partial charge in [-0.1, -0.05) is 0 Å². The zero-order chi connectivity index (χ0) is 15.9. The number of anilines is 1. The summed E-state index contributed by atoms with van der Waals surface area (Å²) in [5.41, 5.74) is 1.72. The van der Waals surface area contributed by atoms with Crippen LogP contribution in [0.15, 0.2) is 53.7 Å². The third kappa shape index (κ3) is 2.53. The number of nitrogens with one attached hydrogen (secondary N) is 1. The maximum atomic E-state index is 12.5. The zero-order valence-electron chi connectivity index (χ0n) is 11.8. The lowest BCUT2D eigenvalue weighted by Crippen LogP contribution is -2.12. The lowest BCUT2D eigenvalue weighted by molar-refractivity contribution is 0.174. The fourth-order valence-electron chi connectivity index (χ4n) is 2.28. The Bertz CT molecular complexity index is 1000. The summed E-state index contributed by atoms with van der Waals surface area (Å²) in [5.74, 6) is 0.946. The van der Waals surface area contributed by atoms with Crippen molar-refractivity contribution in [2.75, 3.05) is 11.5 Å². The van der Waals surface area contributed by atoms with Crippen LogP contribution in [-0.4, -0.2) is 25.2 Å². The molecule has 0 amide bonds. The van der Waals surface area contributed by atoms with Gasteiger partial charge in [-0.05, 0) is 30.3 Å². The predicted octanol–water partition coefficient (Wildman–Crippen LogP) is 2.16. The number of rotatable bonds is 3. The molecule has 0 saturated carbocycles. The summed E-state index contributed by atoms with van der Waals surface area (Å²) in [6.07, 6.45) is 3.14. The molecule has 116 valence electrons. The molecule has 4 rings (SSSR count). The molecule has 0 atom stereocenters. The molecule has 23 heavy (non-hydrogen) atoms. The average Bonchev–Trinajstić information content (AvgIpc) is 3.02. The molecule has 0 fully saturated rings. The quantitative estimate of drug-likeness (QED) is 0.792. The van der Waals surface area contributed by atoms with Crippen molar-refractivity contribution < 1.29 is 17.9 Å². The van der Waals surface area contributed by atoms with E-state index in [1.807, 2.05) is 0 Å². The van der Waals surface area contributed by atoms with E-state index in [1.165, 1.54) is 12.1 Å². The first kappa shape index (κ1) is 13.8. The summed E-state index contributed by atoms with van der Waals surface area (Å²) in [5, 5.41) is 0. The summed E-state index contributed by atoms with van der Waals surface area (Å²) >= 11 is 0. The van der Waals surface area contributed by atoms with Gasteiger partial charge in [-0.3, -0.25) is 14.7 Å². The van der Waals surface area contributed by atoms with E-state index in [1.54, 1.807) is 36.7 Å². The van der Waals surface area contributed by atoms with Crippen LogP contribution in [-0.2, 0) is 10.0 Å². The number of nitrogens with zero attached hydrogens (tertiary/aromatic N) is 2. The highest BCUT2D eigenvalue weighted by Gasteiger charge is 2.20.